The van der Waals surface area contributed by atoms with Crippen LogP contribution in [0.25, 0.3) is 11.0 Å². The highest BCUT2D eigenvalue weighted by atomic mass is 32.2. The summed E-state index contributed by atoms with van der Waals surface area (Å²) < 4.78 is 26.3. The van der Waals surface area contributed by atoms with Crippen molar-refractivity contribution in [3.8, 4) is 0 Å². The normalized spacial score (nSPS) is 11.7. The van der Waals surface area contributed by atoms with Crippen molar-refractivity contribution in [2.45, 2.75) is 11.8 Å². The molecule has 22 heavy (non-hydrogen) atoms. The molecule has 0 amide bonds. The fraction of sp³-hybridized carbons (Fsp3) is 0.0667. The first kappa shape index (κ1) is 14.3. The maximum absolute atomic E-state index is 12.6. The molecule has 1 N–H and O–H groups in total. The van der Waals surface area contributed by atoms with Crippen LogP contribution >= 0.6 is 0 Å². The zero-order valence-electron chi connectivity index (χ0n) is 11.6. The summed E-state index contributed by atoms with van der Waals surface area (Å²) in [5.74, 6) is -1.11. The third-order valence-electron chi connectivity index (χ3n) is 3.32. The van der Waals surface area contributed by atoms with Crippen molar-refractivity contribution in [3.63, 3.8) is 0 Å². The van der Waals surface area contributed by atoms with Crippen LogP contribution in [0.4, 0.5) is 0 Å². The van der Waals surface area contributed by atoms with Gasteiger partial charge in [0.1, 0.15) is 0 Å². The van der Waals surface area contributed by atoms with Gasteiger partial charge in [0.25, 0.3) is 10.0 Å². The number of nitrogens with zero attached hydrogens (tertiary/aromatic N) is 2. The molecular formula is C15H12N2O4S. The Kier molecular flexibility index (Phi) is 3.22. The number of aromatic nitrogens is 2. The van der Waals surface area contributed by atoms with Crippen molar-refractivity contribution < 1.29 is 18.3 Å². The van der Waals surface area contributed by atoms with Crippen molar-refractivity contribution in [3.05, 3.63) is 59.9 Å². The number of aryl methyl sites for hydroxylation is 1. The van der Waals surface area contributed by atoms with Gasteiger partial charge in [-0.1, -0.05) is 17.7 Å². The fourth-order valence-corrected chi connectivity index (χ4v) is 3.44. The summed E-state index contributed by atoms with van der Waals surface area (Å²) in [5.41, 5.74) is 1.17. The van der Waals surface area contributed by atoms with Gasteiger partial charge < -0.3 is 5.11 Å². The maximum atomic E-state index is 12.6. The third kappa shape index (κ3) is 2.25. The predicted octanol–water partition coefficient (Wildman–Crippen LogP) is 2.28. The van der Waals surface area contributed by atoms with Gasteiger partial charge in [-0.25, -0.2) is 22.2 Å². The lowest BCUT2D eigenvalue weighted by Crippen LogP contribution is -2.12. The van der Waals surface area contributed by atoms with Gasteiger partial charge in [-0.15, -0.1) is 0 Å². The lowest BCUT2D eigenvalue weighted by Gasteiger charge is -2.07. The van der Waals surface area contributed by atoms with E-state index in [0.29, 0.717) is 5.39 Å². The number of carboxylic acids is 1. The number of fused-ring (bicyclic) bond motifs is 1. The molecule has 0 radical (unpaired) electrons. The summed E-state index contributed by atoms with van der Waals surface area (Å²) in [7, 11) is -3.77. The van der Waals surface area contributed by atoms with E-state index in [2.05, 4.69) is 4.98 Å². The van der Waals surface area contributed by atoms with E-state index in [-0.39, 0.29) is 16.1 Å². The molecule has 0 saturated carbocycles. The van der Waals surface area contributed by atoms with Gasteiger partial charge >= 0.3 is 5.97 Å². The lowest BCUT2D eigenvalue weighted by atomic mass is 10.2. The molecule has 6 nitrogen and oxygen atoms in total. The van der Waals surface area contributed by atoms with Crippen LogP contribution in [0.1, 0.15) is 15.9 Å². The van der Waals surface area contributed by atoms with E-state index < -0.39 is 16.0 Å². The fourth-order valence-electron chi connectivity index (χ4n) is 2.13. The smallest absolute Gasteiger partial charge is 0.337 e. The number of benzene rings is 1. The zero-order chi connectivity index (χ0) is 15.9. The Morgan fingerprint density at radius 2 is 1.86 bits per heavy atom. The molecule has 0 unspecified atom stereocenters. The number of hydrogen-bond acceptors (Lipinski definition) is 4. The highest BCUT2D eigenvalue weighted by molar-refractivity contribution is 7.90. The molecule has 3 aromatic rings. The average Bonchev–Trinajstić information content (AvgIpc) is 2.91. The molecule has 2 aromatic heterocycles. The Morgan fingerprint density at radius 3 is 2.50 bits per heavy atom. The molecule has 1 aromatic carbocycles. The van der Waals surface area contributed by atoms with Crippen LogP contribution in [0.15, 0.2) is 53.7 Å². The first-order chi connectivity index (χ1) is 10.4. The summed E-state index contributed by atoms with van der Waals surface area (Å²) in [5, 5.41) is 9.40. The van der Waals surface area contributed by atoms with Crippen molar-refractivity contribution >= 4 is 27.0 Å². The summed E-state index contributed by atoms with van der Waals surface area (Å²) in [6, 6.07) is 9.42. The summed E-state index contributed by atoms with van der Waals surface area (Å²) in [4.78, 5) is 15.1. The van der Waals surface area contributed by atoms with Crippen molar-refractivity contribution in [2.24, 2.45) is 0 Å². The predicted molar refractivity (Wildman–Crippen MR) is 80.5 cm³/mol. The molecule has 7 heteroatoms. The molecular weight excluding hydrogens is 304 g/mol. The van der Waals surface area contributed by atoms with Gasteiger partial charge in [0, 0.05) is 17.8 Å². The molecule has 0 spiro atoms. The molecule has 3 rings (SSSR count). The van der Waals surface area contributed by atoms with Gasteiger partial charge in [0.2, 0.25) is 0 Å². The Labute approximate surface area is 126 Å². The second kappa shape index (κ2) is 4.96. The van der Waals surface area contributed by atoms with Gasteiger partial charge in [0.15, 0.2) is 5.65 Å². The monoisotopic (exact) mass is 316 g/mol. The highest BCUT2D eigenvalue weighted by Crippen LogP contribution is 2.21. The van der Waals surface area contributed by atoms with Gasteiger partial charge in [-0.05, 0) is 31.2 Å². The summed E-state index contributed by atoms with van der Waals surface area (Å²) in [6.45, 7) is 1.87. The van der Waals surface area contributed by atoms with Crippen LogP contribution in [0.5, 0.6) is 0 Å². The van der Waals surface area contributed by atoms with Crippen LogP contribution < -0.4 is 0 Å². The number of hydrogen-bond donors (Lipinski definition) is 1. The standard InChI is InChI=1S/C15H12N2O4S/c1-10-2-4-13(5-3-10)22(20,21)17-7-6-11-8-12(15(18)19)9-16-14(11)17/h2-9H,1H3,(H,18,19). The number of carboxylic acid groups (broad SMARTS) is 1. The molecule has 0 aliphatic heterocycles. The van der Waals surface area contributed by atoms with E-state index in [9.17, 15) is 13.2 Å². The van der Waals surface area contributed by atoms with Crippen LogP contribution in [-0.4, -0.2) is 28.5 Å². The van der Waals surface area contributed by atoms with Gasteiger partial charge in [0.05, 0.1) is 10.5 Å². The minimum atomic E-state index is -3.77. The molecule has 2 heterocycles. The van der Waals surface area contributed by atoms with Gasteiger partial charge in [-0.2, -0.15) is 0 Å². The minimum Gasteiger partial charge on any atom is -0.478 e. The second-order valence-corrected chi connectivity index (χ2v) is 6.69. The summed E-state index contributed by atoms with van der Waals surface area (Å²) >= 11 is 0. The third-order valence-corrected chi connectivity index (χ3v) is 5.00. The Morgan fingerprint density at radius 1 is 1.18 bits per heavy atom. The largest absolute Gasteiger partial charge is 0.478 e. The average molecular weight is 316 g/mol. The molecule has 0 saturated heterocycles. The highest BCUT2D eigenvalue weighted by Gasteiger charge is 2.20. The first-order valence-electron chi connectivity index (χ1n) is 6.42. The number of pyridine rings is 1. The van der Waals surface area contributed by atoms with Crippen molar-refractivity contribution in [1.82, 2.24) is 8.96 Å². The van der Waals surface area contributed by atoms with Gasteiger partial charge in [-0.3, -0.25) is 0 Å². The lowest BCUT2D eigenvalue weighted by molar-refractivity contribution is 0.0696. The van der Waals surface area contributed by atoms with E-state index in [4.69, 9.17) is 5.11 Å². The van der Waals surface area contributed by atoms with E-state index in [1.807, 2.05) is 6.92 Å². The topological polar surface area (TPSA) is 89.3 Å². The number of aromatic carboxylic acids is 1. The van der Waals surface area contributed by atoms with Crippen LogP contribution in [0.2, 0.25) is 0 Å². The minimum absolute atomic E-state index is 0.0120. The number of carbonyl (C=O) groups is 1. The van der Waals surface area contributed by atoms with Crippen LogP contribution in [-0.2, 0) is 10.0 Å². The molecule has 0 bridgehead atoms. The second-order valence-electron chi connectivity index (χ2n) is 4.87. The van der Waals surface area contributed by atoms with Crippen molar-refractivity contribution in [2.75, 3.05) is 0 Å². The molecule has 0 aliphatic rings. The van der Waals surface area contributed by atoms with E-state index >= 15 is 0 Å². The zero-order valence-corrected chi connectivity index (χ0v) is 12.4. The van der Waals surface area contributed by atoms with E-state index in [1.54, 1.807) is 12.1 Å². The Balaban J connectivity index is 2.17. The molecule has 0 fully saturated rings. The van der Waals surface area contributed by atoms with E-state index in [0.717, 1.165) is 15.7 Å². The van der Waals surface area contributed by atoms with E-state index in [1.165, 1.54) is 30.5 Å². The summed E-state index contributed by atoms with van der Waals surface area (Å²) in [6.07, 6.45) is 2.52. The maximum Gasteiger partial charge on any atom is 0.337 e. The first-order valence-corrected chi connectivity index (χ1v) is 7.86. The molecule has 0 aliphatic carbocycles. The van der Waals surface area contributed by atoms with Crippen LogP contribution in [0.3, 0.4) is 0 Å². The van der Waals surface area contributed by atoms with Crippen molar-refractivity contribution in [1.29, 1.82) is 0 Å². The molecule has 112 valence electrons. The SMILES string of the molecule is Cc1ccc(S(=O)(=O)n2ccc3cc(C(=O)O)cnc32)cc1. The number of rotatable bonds is 3. The van der Waals surface area contributed by atoms with Crippen LogP contribution in [0, 0.1) is 6.92 Å². The Bertz CT molecular complexity index is 972. The Hall–Kier alpha value is -2.67. The molecule has 0 atom stereocenters. The quantitative estimate of drug-likeness (QED) is 0.800.